The molecule has 0 spiro atoms. The number of aromatic nitrogens is 4. The lowest BCUT2D eigenvalue weighted by atomic mass is 10.1. The average molecular weight is 339 g/mol. The second-order valence-corrected chi connectivity index (χ2v) is 7.07. The van der Waals surface area contributed by atoms with Crippen molar-refractivity contribution in [2.75, 3.05) is 43.0 Å². The van der Waals surface area contributed by atoms with Gasteiger partial charge in [0, 0.05) is 50.7 Å². The molecule has 0 saturated carbocycles. The summed E-state index contributed by atoms with van der Waals surface area (Å²) in [6.45, 7) is 3.29. The van der Waals surface area contributed by atoms with Gasteiger partial charge in [0.25, 0.3) is 0 Å². The third kappa shape index (κ3) is 2.27. The summed E-state index contributed by atoms with van der Waals surface area (Å²) in [5.41, 5.74) is 3.43. The molecule has 0 aromatic carbocycles. The highest BCUT2D eigenvalue weighted by atomic mass is 16.2. The van der Waals surface area contributed by atoms with Gasteiger partial charge in [-0.1, -0.05) is 0 Å². The van der Waals surface area contributed by atoms with E-state index < -0.39 is 0 Å². The summed E-state index contributed by atoms with van der Waals surface area (Å²) in [4.78, 5) is 26.9. The lowest BCUT2D eigenvalue weighted by Gasteiger charge is -2.40. The molecule has 25 heavy (non-hydrogen) atoms. The molecule has 8 nitrogen and oxygen atoms in total. The van der Waals surface area contributed by atoms with Crippen LogP contribution in [0.3, 0.4) is 0 Å². The Morgan fingerprint density at radius 1 is 1.16 bits per heavy atom. The summed E-state index contributed by atoms with van der Waals surface area (Å²) in [6, 6.07) is 0.377. The van der Waals surface area contributed by atoms with Gasteiger partial charge in [-0.2, -0.15) is 5.10 Å². The Morgan fingerprint density at radius 2 is 2.04 bits per heavy atom. The lowest BCUT2D eigenvalue weighted by Crippen LogP contribution is -2.48. The predicted molar refractivity (Wildman–Crippen MR) is 92.9 cm³/mol. The van der Waals surface area contributed by atoms with Crippen molar-refractivity contribution in [1.29, 1.82) is 0 Å². The van der Waals surface area contributed by atoms with Crippen LogP contribution < -0.4 is 9.80 Å². The van der Waals surface area contributed by atoms with Gasteiger partial charge in [-0.05, 0) is 19.3 Å². The standard InChI is InChI=1S/C17H21N7O/c1-21-5-6-23(17(21)25)12-7-20-24(10-12)13-8-22(9-13)16-14-3-2-4-15(14)18-11-19-16/h7,10-11,13H,2-6,8-9H2,1H3. The maximum absolute atomic E-state index is 12.1. The first-order valence-electron chi connectivity index (χ1n) is 8.85. The summed E-state index contributed by atoms with van der Waals surface area (Å²) < 4.78 is 1.98. The molecule has 8 heteroatoms. The predicted octanol–water partition coefficient (Wildman–Crippen LogP) is 1.09. The Hall–Kier alpha value is -2.64. The Morgan fingerprint density at radius 3 is 2.84 bits per heavy atom. The summed E-state index contributed by atoms with van der Waals surface area (Å²) in [5, 5.41) is 4.49. The minimum atomic E-state index is 0.0475. The minimum Gasteiger partial charge on any atom is -0.352 e. The van der Waals surface area contributed by atoms with E-state index in [4.69, 9.17) is 0 Å². The Bertz CT molecular complexity index is 826. The molecular weight excluding hydrogens is 318 g/mol. The van der Waals surface area contributed by atoms with Gasteiger partial charge >= 0.3 is 6.03 Å². The van der Waals surface area contributed by atoms with E-state index in [2.05, 4.69) is 20.0 Å². The maximum Gasteiger partial charge on any atom is 0.324 e. The van der Waals surface area contributed by atoms with Crippen LogP contribution in [0.25, 0.3) is 0 Å². The normalized spacial score (nSPS) is 20.4. The van der Waals surface area contributed by atoms with Crippen molar-refractivity contribution >= 4 is 17.5 Å². The first kappa shape index (κ1) is 14.7. The maximum atomic E-state index is 12.1. The van der Waals surface area contributed by atoms with E-state index in [9.17, 15) is 4.79 Å². The fraction of sp³-hybridized carbons (Fsp3) is 0.529. The Balaban J connectivity index is 1.29. The zero-order chi connectivity index (χ0) is 17.0. The number of urea groups is 1. The number of anilines is 2. The van der Waals surface area contributed by atoms with Crippen molar-refractivity contribution < 1.29 is 4.79 Å². The van der Waals surface area contributed by atoms with E-state index in [-0.39, 0.29) is 6.03 Å². The summed E-state index contributed by atoms with van der Waals surface area (Å²) >= 11 is 0. The third-order valence-electron chi connectivity index (χ3n) is 5.50. The van der Waals surface area contributed by atoms with E-state index >= 15 is 0 Å². The number of carbonyl (C=O) groups excluding carboxylic acids is 1. The van der Waals surface area contributed by atoms with Crippen LogP contribution in [0, 0.1) is 0 Å². The van der Waals surface area contributed by atoms with Gasteiger partial charge in [-0.25, -0.2) is 14.8 Å². The van der Waals surface area contributed by atoms with Crippen LogP contribution in [0.15, 0.2) is 18.7 Å². The number of hydrogen-bond acceptors (Lipinski definition) is 5. The highest BCUT2D eigenvalue weighted by Crippen LogP contribution is 2.33. The fourth-order valence-electron chi connectivity index (χ4n) is 3.96. The van der Waals surface area contributed by atoms with E-state index in [0.717, 1.165) is 50.5 Å². The molecule has 2 amide bonds. The lowest BCUT2D eigenvalue weighted by molar-refractivity contribution is 0.229. The van der Waals surface area contributed by atoms with E-state index in [0.29, 0.717) is 6.04 Å². The molecule has 1 aliphatic carbocycles. The molecule has 2 aromatic heterocycles. The van der Waals surface area contributed by atoms with Crippen LogP contribution in [-0.4, -0.2) is 63.9 Å². The number of amides is 2. The quantitative estimate of drug-likeness (QED) is 0.837. The van der Waals surface area contributed by atoms with E-state index in [1.165, 1.54) is 17.7 Å². The van der Waals surface area contributed by atoms with Gasteiger partial charge in [0.2, 0.25) is 0 Å². The van der Waals surface area contributed by atoms with E-state index in [1.807, 2.05) is 17.9 Å². The van der Waals surface area contributed by atoms with Crippen LogP contribution in [0.2, 0.25) is 0 Å². The van der Waals surface area contributed by atoms with E-state index in [1.54, 1.807) is 22.3 Å². The molecule has 2 fully saturated rings. The number of rotatable bonds is 3. The van der Waals surface area contributed by atoms with Crippen LogP contribution in [-0.2, 0) is 12.8 Å². The average Bonchev–Trinajstić information content (AvgIpc) is 3.28. The molecule has 0 bridgehead atoms. The van der Waals surface area contributed by atoms with Crippen molar-refractivity contribution in [1.82, 2.24) is 24.6 Å². The first-order chi connectivity index (χ1) is 12.2. The number of hydrogen-bond donors (Lipinski definition) is 0. The summed E-state index contributed by atoms with van der Waals surface area (Å²) in [7, 11) is 1.83. The molecule has 2 aliphatic heterocycles. The van der Waals surface area contributed by atoms with Crippen molar-refractivity contribution in [3.05, 3.63) is 30.0 Å². The highest BCUT2D eigenvalue weighted by molar-refractivity contribution is 5.93. The van der Waals surface area contributed by atoms with Crippen LogP contribution >= 0.6 is 0 Å². The van der Waals surface area contributed by atoms with Gasteiger partial charge in [0.05, 0.1) is 17.9 Å². The number of likely N-dealkylation sites (N-methyl/N-ethyl adjacent to an activating group) is 1. The second-order valence-electron chi connectivity index (χ2n) is 7.07. The molecule has 0 unspecified atom stereocenters. The summed E-state index contributed by atoms with van der Waals surface area (Å²) in [6.07, 6.45) is 8.81. The highest BCUT2D eigenvalue weighted by Gasteiger charge is 2.34. The van der Waals surface area contributed by atoms with Gasteiger partial charge < -0.3 is 9.80 Å². The molecule has 130 valence electrons. The molecule has 2 aromatic rings. The first-order valence-corrected chi connectivity index (χ1v) is 8.85. The zero-order valence-electron chi connectivity index (χ0n) is 14.3. The zero-order valence-corrected chi connectivity index (χ0v) is 14.3. The largest absolute Gasteiger partial charge is 0.352 e. The monoisotopic (exact) mass is 339 g/mol. The van der Waals surface area contributed by atoms with Crippen LogP contribution in [0.1, 0.15) is 23.7 Å². The molecule has 0 atom stereocenters. The number of fused-ring (bicyclic) bond motifs is 1. The van der Waals surface area contributed by atoms with Crippen molar-refractivity contribution in [2.45, 2.75) is 25.3 Å². The number of nitrogens with zero attached hydrogens (tertiary/aromatic N) is 7. The van der Waals surface area contributed by atoms with Gasteiger partial charge in [-0.3, -0.25) is 9.58 Å². The number of aryl methyl sites for hydroxylation is 1. The van der Waals surface area contributed by atoms with Gasteiger partial charge in [-0.15, -0.1) is 0 Å². The third-order valence-corrected chi connectivity index (χ3v) is 5.50. The Kier molecular flexibility index (Phi) is 3.19. The van der Waals surface area contributed by atoms with Crippen LogP contribution in [0.5, 0.6) is 0 Å². The minimum absolute atomic E-state index is 0.0475. The molecule has 0 radical (unpaired) electrons. The SMILES string of the molecule is CN1CCN(c2cnn(C3CN(c4ncnc5c4CCC5)C3)c2)C1=O. The fourth-order valence-corrected chi connectivity index (χ4v) is 3.96. The molecule has 0 N–H and O–H groups in total. The van der Waals surface area contributed by atoms with Crippen LogP contribution in [0.4, 0.5) is 16.3 Å². The molecule has 5 rings (SSSR count). The Labute approximate surface area is 146 Å². The van der Waals surface area contributed by atoms with Crippen molar-refractivity contribution in [2.24, 2.45) is 0 Å². The van der Waals surface area contributed by atoms with Crippen molar-refractivity contribution in [3.63, 3.8) is 0 Å². The van der Waals surface area contributed by atoms with Gasteiger partial charge in [0.1, 0.15) is 12.1 Å². The van der Waals surface area contributed by atoms with Crippen molar-refractivity contribution in [3.8, 4) is 0 Å². The smallest absolute Gasteiger partial charge is 0.324 e. The summed E-state index contributed by atoms with van der Waals surface area (Å²) in [5.74, 6) is 1.10. The molecule has 3 aliphatic rings. The topological polar surface area (TPSA) is 70.4 Å². The second kappa shape index (κ2) is 5.44. The number of carbonyl (C=O) groups is 1. The van der Waals surface area contributed by atoms with Gasteiger partial charge in [0.15, 0.2) is 0 Å². The molecule has 2 saturated heterocycles. The molecular formula is C17H21N7O. The molecule has 4 heterocycles.